The molecule has 0 bridgehead atoms. The predicted molar refractivity (Wildman–Crippen MR) is 104 cm³/mol. The molecule has 0 aliphatic rings. The van der Waals surface area contributed by atoms with Gasteiger partial charge in [-0.1, -0.05) is 23.7 Å². The number of para-hydroxylation sites is 1. The Kier molecular flexibility index (Phi) is 7.95. The summed E-state index contributed by atoms with van der Waals surface area (Å²) in [5, 5.41) is 11.9. The van der Waals surface area contributed by atoms with Gasteiger partial charge < -0.3 is 19.9 Å². The monoisotopic (exact) mass is 391 g/mol. The van der Waals surface area contributed by atoms with E-state index >= 15 is 0 Å². The lowest BCUT2D eigenvalue weighted by Gasteiger charge is -2.12. The Morgan fingerprint density at radius 2 is 1.85 bits per heavy atom. The number of carboxylic acid groups (broad SMARTS) is 1. The quantitative estimate of drug-likeness (QED) is 0.594. The summed E-state index contributed by atoms with van der Waals surface area (Å²) in [6.07, 6.45) is 0.653. The number of nitrogens with one attached hydrogen (secondary N) is 1. The number of aliphatic carboxylic acids is 1. The molecule has 0 heterocycles. The number of hydrogen-bond donors (Lipinski definition) is 2. The fourth-order valence-corrected chi connectivity index (χ4v) is 2.67. The molecule has 0 unspecified atom stereocenters. The van der Waals surface area contributed by atoms with Crippen molar-refractivity contribution in [2.24, 2.45) is 0 Å². The van der Waals surface area contributed by atoms with Crippen LogP contribution in [0.2, 0.25) is 5.02 Å². The average Bonchev–Trinajstić information content (AvgIpc) is 2.63. The predicted octanol–water partition coefficient (Wildman–Crippen LogP) is 4.16. The second-order valence-corrected chi connectivity index (χ2v) is 6.16. The molecule has 2 aromatic rings. The summed E-state index contributed by atoms with van der Waals surface area (Å²) in [7, 11) is 0. The number of halogens is 1. The maximum Gasteiger partial charge on any atom is 0.303 e. The number of ether oxygens (including phenoxy) is 2. The summed E-state index contributed by atoms with van der Waals surface area (Å²) in [4.78, 5) is 22.8. The lowest BCUT2D eigenvalue weighted by molar-refractivity contribution is -0.137. The molecule has 1 amide bonds. The van der Waals surface area contributed by atoms with Crippen molar-refractivity contribution in [3.8, 4) is 11.5 Å². The lowest BCUT2D eigenvalue weighted by atomic mass is 10.1. The van der Waals surface area contributed by atoms with Crippen molar-refractivity contribution in [3.05, 3.63) is 53.1 Å². The zero-order valence-corrected chi connectivity index (χ0v) is 15.8. The van der Waals surface area contributed by atoms with Gasteiger partial charge in [0.1, 0.15) is 11.5 Å². The third kappa shape index (κ3) is 6.83. The highest BCUT2D eigenvalue weighted by Crippen LogP contribution is 2.29. The van der Waals surface area contributed by atoms with Gasteiger partial charge in [-0.05, 0) is 43.7 Å². The van der Waals surface area contributed by atoms with Crippen LogP contribution >= 0.6 is 11.6 Å². The Morgan fingerprint density at radius 1 is 1.11 bits per heavy atom. The van der Waals surface area contributed by atoms with E-state index in [-0.39, 0.29) is 18.7 Å². The molecule has 7 heteroatoms. The zero-order valence-electron chi connectivity index (χ0n) is 15.0. The van der Waals surface area contributed by atoms with Gasteiger partial charge in [-0.2, -0.15) is 0 Å². The van der Waals surface area contributed by atoms with Crippen LogP contribution in [0.3, 0.4) is 0 Å². The van der Waals surface area contributed by atoms with Gasteiger partial charge in [0.2, 0.25) is 5.91 Å². The minimum absolute atomic E-state index is 0.0708. The van der Waals surface area contributed by atoms with Crippen LogP contribution in [0.25, 0.3) is 0 Å². The van der Waals surface area contributed by atoms with Crippen LogP contribution in [0, 0.1) is 0 Å². The van der Waals surface area contributed by atoms with E-state index in [1.54, 1.807) is 36.4 Å². The fourth-order valence-electron chi connectivity index (χ4n) is 2.42. The second-order valence-electron chi connectivity index (χ2n) is 5.76. The highest BCUT2D eigenvalue weighted by molar-refractivity contribution is 6.32. The van der Waals surface area contributed by atoms with Crippen molar-refractivity contribution in [1.82, 2.24) is 0 Å². The van der Waals surface area contributed by atoms with Crippen molar-refractivity contribution in [3.63, 3.8) is 0 Å². The number of carboxylic acids is 1. The number of amides is 1. The standard InChI is InChI=1S/C20H22ClNO5/c1-2-26-20-14(5-3-6-17(20)21)13-18(23)22-15-8-10-16(11-9-15)27-12-4-7-19(24)25/h3,5-6,8-11H,2,4,7,12-13H2,1H3,(H,22,23)(H,24,25). The molecule has 0 radical (unpaired) electrons. The van der Waals surface area contributed by atoms with Crippen LogP contribution in [0.4, 0.5) is 5.69 Å². The summed E-state index contributed by atoms with van der Waals surface area (Å²) in [6.45, 7) is 2.65. The molecule has 27 heavy (non-hydrogen) atoms. The molecule has 0 aliphatic carbocycles. The molecular formula is C20H22ClNO5. The van der Waals surface area contributed by atoms with Crippen molar-refractivity contribution >= 4 is 29.2 Å². The van der Waals surface area contributed by atoms with Crippen molar-refractivity contribution in [2.75, 3.05) is 18.5 Å². The SMILES string of the molecule is CCOc1c(Cl)cccc1CC(=O)Nc1ccc(OCCCC(=O)O)cc1. The molecule has 2 N–H and O–H groups in total. The molecule has 6 nitrogen and oxygen atoms in total. The van der Waals surface area contributed by atoms with Crippen LogP contribution in [0.15, 0.2) is 42.5 Å². The number of rotatable bonds is 10. The Hall–Kier alpha value is -2.73. The van der Waals surface area contributed by atoms with Crippen LogP contribution in [0.1, 0.15) is 25.3 Å². The van der Waals surface area contributed by atoms with Crippen LogP contribution in [-0.4, -0.2) is 30.2 Å². The first-order valence-electron chi connectivity index (χ1n) is 8.64. The molecule has 2 aromatic carbocycles. The van der Waals surface area contributed by atoms with E-state index in [2.05, 4.69) is 5.32 Å². The summed E-state index contributed by atoms with van der Waals surface area (Å²) in [6, 6.07) is 12.2. The van der Waals surface area contributed by atoms with E-state index in [0.29, 0.717) is 41.8 Å². The van der Waals surface area contributed by atoms with Gasteiger partial charge in [-0.3, -0.25) is 9.59 Å². The van der Waals surface area contributed by atoms with E-state index < -0.39 is 5.97 Å². The van der Waals surface area contributed by atoms with Gasteiger partial charge in [-0.25, -0.2) is 0 Å². The molecule has 0 atom stereocenters. The van der Waals surface area contributed by atoms with Crippen molar-refractivity contribution < 1.29 is 24.2 Å². The van der Waals surface area contributed by atoms with Gasteiger partial charge >= 0.3 is 5.97 Å². The lowest BCUT2D eigenvalue weighted by Crippen LogP contribution is -2.15. The molecule has 0 aliphatic heterocycles. The number of anilines is 1. The van der Waals surface area contributed by atoms with Gasteiger partial charge in [0.25, 0.3) is 0 Å². The molecule has 0 fully saturated rings. The molecule has 0 aromatic heterocycles. The largest absolute Gasteiger partial charge is 0.494 e. The molecule has 2 rings (SSSR count). The van der Waals surface area contributed by atoms with Crippen LogP contribution in [0.5, 0.6) is 11.5 Å². The van der Waals surface area contributed by atoms with E-state index in [4.69, 9.17) is 26.2 Å². The highest BCUT2D eigenvalue weighted by atomic mass is 35.5. The highest BCUT2D eigenvalue weighted by Gasteiger charge is 2.12. The van der Waals surface area contributed by atoms with Crippen molar-refractivity contribution in [1.29, 1.82) is 0 Å². The fraction of sp³-hybridized carbons (Fsp3) is 0.300. The van der Waals surface area contributed by atoms with E-state index in [0.717, 1.165) is 5.56 Å². The number of benzene rings is 2. The third-order valence-corrected chi connectivity index (χ3v) is 3.93. The first-order valence-corrected chi connectivity index (χ1v) is 9.02. The topological polar surface area (TPSA) is 84.9 Å². The summed E-state index contributed by atoms with van der Waals surface area (Å²) in [5.41, 5.74) is 1.36. The Balaban J connectivity index is 1.89. The normalized spacial score (nSPS) is 10.3. The van der Waals surface area contributed by atoms with Gasteiger partial charge in [0.15, 0.2) is 0 Å². The van der Waals surface area contributed by atoms with E-state index in [9.17, 15) is 9.59 Å². The molecule has 0 saturated heterocycles. The maximum atomic E-state index is 12.3. The van der Waals surface area contributed by atoms with E-state index in [1.807, 2.05) is 13.0 Å². The third-order valence-electron chi connectivity index (χ3n) is 3.63. The number of carbonyl (C=O) groups excluding carboxylic acids is 1. The Bertz CT molecular complexity index is 776. The average molecular weight is 392 g/mol. The van der Waals surface area contributed by atoms with Crippen LogP contribution < -0.4 is 14.8 Å². The number of hydrogen-bond acceptors (Lipinski definition) is 4. The molecule has 144 valence electrons. The molecule has 0 spiro atoms. The summed E-state index contributed by atoms with van der Waals surface area (Å²) < 4.78 is 11.0. The maximum absolute atomic E-state index is 12.3. The first-order chi connectivity index (χ1) is 13.0. The van der Waals surface area contributed by atoms with Gasteiger partial charge in [0, 0.05) is 17.7 Å². The van der Waals surface area contributed by atoms with Crippen molar-refractivity contribution in [2.45, 2.75) is 26.2 Å². The van der Waals surface area contributed by atoms with Gasteiger partial charge in [-0.15, -0.1) is 0 Å². The minimum Gasteiger partial charge on any atom is -0.494 e. The zero-order chi connectivity index (χ0) is 19.6. The Labute approximate surface area is 163 Å². The molecule has 0 saturated carbocycles. The minimum atomic E-state index is -0.844. The number of carbonyl (C=O) groups is 2. The molecular weight excluding hydrogens is 370 g/mol. The second kappa shape index (κ2) is 10.4. The van der Waals surface area contributed by atoms with Crippen LogP contribution in [-0.2, 0) is 16.0 Å². The Morgan fingerprint density at radius 3 is 2.52 bits per heavy atom. The van der Waals surface area contributed by atoms with E-state index in [1.165, 1.54) is 0 Å². The summed E-state index contributed by atoms with van der Waals surface area (Å²) >= 11 is 6.14. The smallest absolute Gasteiger partial charge is 0.303 e. The summed E-state index contributed by atoms with van der Waals surface area (Å²) in [5.74, 6) is 0.117. The van der Waals surface area contributed by atoms with Gasteiger partial charge in [0.05, 0.1) is 24.7 Å². The first kappa shape index (κ1) is 20.6.